The van der Waals surface area contributed by atoms with Gasteiger partial charge in [0.1, 0.15) is 0 Å². The molecule has 1 aromatic heterocycles. The van der Waals surface area contributed by atoms with Gasteiger partial charge in [-0.2, -0.15) is 0 Å². The summed E-state index contributed by atoms with van der Waals surface area (Å²) in [6.07, 6.45) is 0.975. The Kier molecular flexibility index (Phi) is 6.86. The van der Waals surface area contributed by atoms with Crippen molar-refractivity contribution in [1.29, 1.82) is 0 Å². The topological polar surface area (TPSA) is 3.24 Å². The Labute approximate surface area is 312 Å². The molecular formula is C51H33NS. The number of benzene rings is 9. The lowest BCUT2D eigenvalue weighted by atomic mass is 9.93. The van der Waals surface area contributed by atoms with E-state index in [2.05, 4.69) is 193 Å². The van der Waals surface area contributed by atoms with E-state index in [4.69, 9.17) is 0 Å². The minimum Gasteiger partial charge on any atom is -0.310 e. The van der Waals surface area contributed by atoms with E-state index >= 15 is 0 Å². The average Bonchev–Trinajstić information content (AvgIpc) is 3.82. The van der Waals surface area contributed by atoms with Crippen molar-refractivity contribution in [3.8, 4) is 33.4 Å². The molecule has 11 rings (SSSR count). The van der Waals surface area contributed by atoms with E-state index in [-0.39, 0.29) is 0 Å². The predicted molar refractivity (Wildman–Crippen MR) is 228 cm³/mol. The Morgan fingerprint density at radius 1 is 0.415 bits per heavy atom. The third kappa shape index (κ3) is 4.76. The molecule has 53 heavy (non-hydrogen) atoms. The van der Waals surface area contributed by atoms with Gasteiger partial charge in [-0.15, -0.1) is 11.3 Å². The van der Waals surface area contributed by atoms with E-state index in [9.17, 15) is 0 Å². The Morgan fingerprint density at radius 3 is 1.87 bits per heavy atom. The summed E-state index contributed by atoms with van der Waals surface area (Å²) in [6.45, 7) is 0. The van der Waals surface area contributed by atoms with Crippen molar-refractivity contribution in [1.82, 2.24) is 0 Å². The van der Waals surface area contributed by atoms with Gasteiger partial charge in [0.2, 0.25) is 0 Å². The molecule has 0 spiro atoms. The molecule has 0 aliphatic heterocycles. The zero-order valence-corrected chi connectivity index (χ0v) is 29.8. The molecule has 0 atom stereocenters. The molecule has 1 nitrogen and oxygen atoms in total. The Hall–Kier alpha value is -6.48. The number of nitrogens with zero attached hydrogens (tertiary/aromatic N) is 1. The number of rotatable bonds is 5. The molecule has 0 N–H and O–H groups in total. The monoisotopic (exact) mass is 691 g/mol. The van der Waals surface area contributed by atoms with Gasteiger partial charge in [-0.25, -0.2) is 0 Å². The second-order valence-electron chi connectivity index (χ2n) is 14.0. The van der Waals surface area contributed by atoms with Crippen molar-refractivity contribution in [2.45, 2.75) is 6.42 Å². The third-order valence-electron chi connectivity index (χ3n) is 11.1. The van der Waals surface area contributed by atoms with Gasteiger partial charge in [-0.05, 0) is 97.4 Å². The van der Waals surface area contributed by atoms with Crippen LogP contribution in [0.1, 0.15) is 11.1 Å². The van der Waals surface area contributed by atoms with Gasteiger partial charge < -0.3 is 4.90 Å². The van der Waals surface area contributed by atoms with Gasteiger partial charge in [0.25, 0.3) is 0 Å². The zero-order valence-electron chi connectivity index (χ0n) is 29.0. The first kappa shape index (κ1) is 30.2. The molecule has 0 amide bonds. The molecule has 9 aromatic carbocycles. The zero-order chi connectivity index (χ0) is 34.9. The smallest absolute Gasteiger partial charge is 0.0554 e. The van der Waals surface area contributed by atoms with Crippen molar-refractivity contribution in [2.24, 2.45) is 0 Å². The number of hydrogen-bond donors (Lipinski definition) is 0. The minimum atomic E-state index is 0.975. The van der Waals surface area contributed by atoms with E-state index in [0.29, 0.717) is 0 Å². The predicted octanol–water partition coefficient (Wildman–Crippen LogP) is 14.7. The van der Waals surface area contributed by atoms with Crippen molar-refractivity contribution < 1.29 is 0 Å². The van der Waals surface area contributed by atoms with Crippen molar-refractivity contribution in [3.05, 3.63) is 199 Å². The molecule has 1 aliphatic carbocycles. The number of anilines is 3. The van der Waals surface area contributed by atoms with Crippen molar-refractivity contribution in [2.75, 3.05) is 4.90 Å². The molecule has 0 saturated carbocycles. The molecular weight excluding hydrogens is 659 g/mol. The number of hydrogen-bond acceptors (Lipinski definition) is 2. The molecule has 1 aliphatic rings. The van der Waals surface area contributed by atoms with Gasteiger partial charge in [0.15, 0.2) is 0 Å². The summed E-state index contributed by atoms with van der Waals surface area (Å²) >= 11 is 1.96. The second kappa shape index (κ2) is 12.1. The molecule has 248 valence electrons. The van der Waals surface area contributed by atoms with Crippen molar-refractivity contribution >= 4 is 70.1 Å². The molecule has 0 fully saturated rings. The van der Waals surface area contributed by atoms with E-state index < -0.39 is 0 Å². The third-order valence-corrected chi connectivity index (χ3v) is 12.3. The highest BCUT2D eigenvalue weighted by atomic mass is 32.1. The van der Waals surface area contributed by atoms with Crippen LogP contribution in [0.25, 0.3) is 75.1 Å². The van der Waals surface area contributed by atoms with Gasteiger partial charge in [0.05, 0.1) is 5.69 Å². The van der Waals surface area contributed by atoms with Crippen LogP contribution in [0.2, 0.25) is 0 Å². The van der Waals surface area contributed by atoms with Crippen LogP contribution in [0, 0.1) is 0 Å². The van der Waals surface area contributed by atoms with Crippen LogP contribution < -0.4 is 4.90 Å². The van der Waals surface area contributed by atoms with Crippen LogP contribution in [-0.4, -0.2) is 0 Å². The molecule has 2 heteroatoms. The van der Waals surface area contributed by atoms with Crippen LogP contribution >= 0.6 is 11.3 Å². The highest BCUT2D eigenvalue weighted by Gasteiger charge is 2.27. The fourth-order valence-corrected chi connectivity index (χ4v) is 10.1. The summed E-state index contributed by atoms with van der Waals surface area (Å²) in [5.74, 6) is 0. The van der Waals surface area contributed by atoms with Gasteiger partial charge in [0, 0.05) is 36.9 Å². The fraction of sp³-hybridized carbons (Fsp3) is 0.0196. The maximum Gasteiger partial charge on any atom is 0.0554 e. The lowest BCUT2D eigenvalue weighted by molar-refractivity contribution is 1.29. The normalized spacial score (nSPS) is 12.1. The lowest BCUT2D eigenvalue weighted by Gasteiger charge is -2.28. The highest BCUT2D eigenvalue weighted by Crippen LogP contribution is 2.53. The molecule has 0 saturated heterocycles. The summed E-state index contributed by atoms with van der Waals surface area (Å²) < 4.78 is 2.71. The standard InChI is InChI=1S/C51H33NS/c1-3-13-33(14-4-1)35-25-28-39(29-26-35)52(40-20-11-19-37(31-40)34-15-5-2-6-16-34)46-24-12-18-36-27-30-44-49-48-41-21-8-7-17-38(41)32-45(48)42-22-9-10-23-43(42)50(49)53-51(44)47(36)46/h1-31H,32H2. The number of thiophene rings is 1. The summed E-state index contributed by atoms with van der Waals surface area (Å²) in [5, 5.41) is 7.98. The van der Waals surface area contributed by atoms with Gasteiger partial charge >= 0.3 is 0 Å². The fourth-order valence-electron chi connectivity index (χ4n) is 8.67. The van der Waals surface area contributed by atoms with E-state index in [1.165, 1.54) is 91.9 Å². The lowest BCUT2D eigenvalue weighted by Crippen LogP contribution is -2.10. The molecule has 0 radical (unpaired) electrons. The molecule has 10 aromatic rings. The Balaban J connectivity index is 1.20. The maximum atomic E-state index is 2.46. The molecule has 1 heterocycles. The van der Waals surface area contributed by atoms with Gasteiger partial charge in [-0.1, -0.05) is 158 Å². The number of fused-ring (bicyclic) bond motifs is 12. The first-order valence-corrected chi connectivity index (χ1v) is 19.1. The van der Waals surface area contributed by atoms with E-state index in [1.54, 1.807) is 0 Å². The first-order valence-electron chi connectivity index (χ1n) is 18.3. The van der Waals surface area contributed by atoms with Crippen LogP contribution in [-0.2, 0) is 6.42 Å². The van der Waals surface area contributed by atoms with Crippen molar-refractivity contribution in [3.63, 3.8) is 0 Å². The summed E-state index contributed by atoms with van der Waals surface area (Å²) in [4.78, 5) is 2.46. The highest BCUT2D eigenvalue weighted by molar-refractivity contribution is 7.27. The van der Waals surface area contributed by atoms with Crippen LogP contribution in [0.15, 0.2) is 188 Å². The van der Waals surface area contributed by atoms with E-state index in [0.717, 1.165) is 17.8 Å². The molecule has 0 bridgehead atoms. The Morgan fingerprint density at radius 2 is 1.06 bits per heavy atom. The Bertz CT molecular complexity index is 3010. The average molecular weight is 692 g/mol. The quantitative estimate of drug-likeness (QED) is 0.174. The van der Waals surface area contributed by atoms with Gasteiger partial charge in [-0.3, -0.25) is 0 Å². The van der Waals surface area contributed by atoms with Crippen LogP contribution in [0.3, 0.4) is 0 Å². The van der Waals surface area contributed by atoms with E-state index in [1.807, 2.05) is 11.3 Å². The van der Waals surface area contributed by atoms with Crippen LogP contribution in [0.4, 0.5) is 17.1 Å². The SMILES string of the molecule is c1ccc(-c2ccc(N(c3cccc(-c4ccccc4)c3)c3cccc4ccc5c(sc6c7ccccc7c7c(c56)-c5ccccc5C7)c34)cc2)cc1. The van der Waals surface area contributed by atoms with Crippen LogP contribution in [0.5, 0.6) is 0 Å². The second-order valence-corrected chi connectivity index (χ2v) is 15.0. The summed E-state index contributed by atoms with van der Waals surface area (Å²) in [7, 11) is 0. The first-order chi connectivity index (χ1) is 26.3. The maximum absolute atomic E-state index is 2.46. The summed E-state index contributed by atoms with van der Waals surface area (Å²) in [6, 6.07) is 69.0. The largest absolute Gasteiger partial charge is 0.310 e. The minimum absolute atomic E-state index is 0.975. The molecule has 0 unspecified atom stereocenters. The summed E-state index contributed by atoms with van der Waals surface area (Å²) in [5.41, 5.74) is 13.9.